The largest absolute Gasteiger partial charge is 0.466 e. The molecule has 0 spiro atoms. The molecule has 4 aromatic rings. The molecule has 0 fully saturated rings. The maximum atomic E-state index is 13.8. The van der Waals surface area contributed by atoms with Gasteiger partial charge in [-0.2, -0.15) is 0 Å². The van der Waals surface area contributed by atoms with Crippen LogP contribution < -0.4 is 15.5 Å². The number of nitrogens with one attached hydrogen (secondary N) is 2. The number of hydrogen-bond donors (Lipinski definition) is 2. The van der Waals surface area contributed by atoms with Crippen molar-refractivity contribution in [3.05, 3.63) is 120 Å². The number of thioether (sulfide) groups is 2. The number of urea groups is 1. The number of hydrogen-bond acceptors (Lipinski definition) is 8. The van der Waals surface area contributed by atoms with Crippen molar-refractivity contribution in [2.24, 2.45) is 0 Å². The number of carbonyl (C=O) groups is 3. The van der Waals surface area contributed by atoms with E-state index in [1.54, 1.807) is 24.1 Å². The zero-order valence-electron chi connectivity index (χ0n) is 24.3. The Morgan fingerprint density at radius 2 is 1.78 bits per heavy atom. The third kappa shape index (κ3) is 7.33. The highest BCUT2D eigenvalue weighted by Gasteiger charge is 2.36. The van der Waals surface area contributed by atoms with Crippen LogP contribution in [-0.2, 0) is 20.7 Å². The first-order chi connectivity index (χ1) is 22.0. The van der Waals surface area contributed by atoms with Crippen molar-refractivity contribution < 1.29 is 19.1 Å². The third-order valence-electron chi connectivity index (χ3n) is 7.05. The molecule has 3 aromatic carbocycles. The summed E-state index contributed by atoms with van der Waals surface area (Å²) < 4.78 is 5.01. The summed E-state index contributed by atoms with van der Waals surface area (Å²) in [5.74, 6) is -0.608. The van der Waals surface area contributed by atoms with Gasteiger partial charge in [-0.05, 0) is 42.8 Å². The Balaban J connectivity index is 1.19. The molecule has 1 aliphatic carbocycles. The van der Waals surface area contributed by atoms with E-state index in [9.17, 15) is 14.4 Å². The summed E-state index contributed by atoms with van der Waals surface area (Å²) in [4.78, 5) is 47.4. The predicted molar refractivity (Wildman–Crippen MR) is 182 cm³/mol. The van der Waals surface area contributed by atoms with Crippen molar-refractivity contribution in [1.29, 1.82) is 0 Å². The topological polar surface area (TPSA) is 101 Å². The first kappa shape index (κ1) is 30.7. The maximum Gasteiger partial charge on any atom is 0.326 e. The Labute approximate surface area is 274 Å². The molecule has 11 heteroatoms. The number of benzene rings is 3. The first-order valence-electron chi connectivity index (χ1n) is 14.4. The second-order valence-corrected chi connectivity index (χ2v) is 13.4. The number of fused-ring (bicyclic) bond motifs is 2. The first-order valence-corrected chi connectivity index (χ1v) is 17.1. The van der Waals surface area contributed by atoms with Gasteiger partial charge in [-0.1, -0.05) is 72.8 Å². The van der Waals surface area contributed by atoms with E-state index in [1.807, 2.05) is 95.9 Å². The van der Waals surface area contributed by atoms with Gasteiger partial charge in [-0.3, -0.25) is 14.5 Å². The summed E-state index contributed by atoms with van der Waals surface area (Å²) in [6.07, 6.45) is 8.24. The van der Waals surface area contributed by atoms with E-state index in [2.05, 4.69) is 27.8 Å². The molecule has 6 rings (SSSR count). The van der Waals surface area contributed by atoms with Gasteiger partial charge in [0.2, 0.25) is 5.91 Å². The molecule has 3 unspecified atom stereocenters. The highest BCUT2D eigenvalue weighted by atomic mass is 32.2. The van der Waals surface area contributed by atoms with Crippen molar-refractivity contribution in [3.63, 3.8) is 0 Å². The average Bonchev–Trinajstić information content (AvgIpc) is 3.49. The van der Waals surface area contributed by atoms with Crippen molar-refractivity contribution in [2.45, 2.75) is 39.7 Å². The average molecular weight is 655 g/mol. The van der Waals surface area contributed by atoms with Gasteiger partial charge in [-0.15, -0.1) is 34.9 Å². The molecule has 3 atom stereocenters. The molecule has 2 aliphatic rings. The van der Waals surface area contributed by atoms with Crippen LogP contribution in [0, 0.1) is 0 Å². The molecule has 1 aliphatic heterocycles. The number of nitrogens with zero attached hydrogens (tertiary/aromatic N) is 2. The summed E-state index contributed by atoms with van der Waals surface area (Å²) in [5, 5.41) is 7.69. The van der Waals surface area contributed by atoms with Gasteiger partial charge in [0.1, 0.15) is 5.25 Å². The molecule has 45 heavy (non-hydrogen) atoms. The van der Waals surface area contributed by atoms with Crippen LogP contribution in [0.25, 0.3) is 0 Å². The Bertz CT molecular complexity index is 1760. The van der Waals surface area contributed by atoms with E-state index in [0.29, 0.717) is 23.1 Å². The van der Waals surface area contributed by atoms with E-state index in [-0.39, 0.29) is 35.6 Å². The van der Waals surface area contributed by atoms with Crippen LogP contribution in [0.3, 0.4) is 0 Å². The predicted octanol–water partition coefficient (Wildman–Crippen LogP) is 7.73. The second kappa shape index (κ2) is 14.2. The molecule has 2 heterocycles. The molecule has 3 amide bonds. The lowest BCUT2D eigenvalue weighted by molar-refractivity contribution is -0.142. The molecule has 0 bridgehead atoms. The second-order valence-electron chi connectivity index (χ2n) is 10.2. The van der Waals surface area contributed by atoms with Crippen molar-refractivity contribution >= 4 is 69.3 Å². The van der Waals surface area contributed by atoms with Crippen LogP contribution in [0.4, 0.5) is 21.3 Å². The number of allylic oxidation sites excluding steroid dienone is 2. The highest BCUT2D eigenvalue weighted by molar-refractivity contribution is 8.00. The number of anilines is 3. The summed E-state index contributed by atoms with van der Waals surface area (Å²) in [7, 11) is 0. The minimum atomic E-state index is -0.597. The van der Waals surface area contributed by atoms with Gasteiger partial charge in [0.05, 0.1) is 35.7 Å². The number of rotatable bonds is 9. The summed E-state index contributed by atoms with van der Waals surface area (Å²) in [6, 6.07) is 24.6. The lowest BCUT2D eigenvalue weighted by Gasteiger charge is -2.40. The number of carbonyl (C=O) groups excluding carboxylic acids is 3. The van der Waals surface area contributed by atoms with Crippen LogP contribution in [0.2, 0.25) is 0 Å². The number of ether oxygens (including phenoxy) is 1. The smallest absolute Gasteiger partial charge is 0.326 e. The fourth-order valence-electron chi connectivity index (χ4n) is 5.07. The van der Waals surface area contributed by atoms with Gasteiger partial charge in [-0.25, -0.2) is 9.78 Å². The van der Waals surface area contributed by atoms with E-state index < -0.39 is 5.25 Å². The van der Waals surface area contributed by atoms with E-state index in [1.165, 1.54) is 23.1 Å². The molecule has 2 N–H and O–H groups in total. The fourth-order valence-corrected chi connectivity index (χ4v) is 8.12. The fraction of sp³-hybridized carbons (Fsp3) is 0.176. The maximum absolute atomic E-state index is 13.8. The molecule has 1 aromatic heterocycles. The van der Waals surface area contributed by atoms with Crippen LogP contribution in [-0.4, -0.2) is 40.8 Å². The number of thiazole rings is 1. The minimum Gasteiger partial charge on any atom is -0.466 e. The number of para-hydroxylation sites is 1. The molecule has 8 nitrogen and oxygen atoms in total. The van der Waals surface area contributed by atoms with Gasteiger partial charge in [0.15, 0.2) is 5.13 Å². The Kier molecular flexibility index (Phi) is 9.68. The molecular weight excluding hydrogens is 625 g/mol. The molecule has 0 saturated carbocycles. The van der Waals surface area contributed by atoms with Gasteiger partial charge < -0.3 is 15.4 Å². The summed E-state index contributed by atoms with van der Waals surface area (Å²) >= 11 is 4.40. The van der Waals surface area contributed by atoms with E-state index in [4.69, 9.17) is 4.74 Å². The van der Waals surface area contributed by atoms with Crippen molar-refractivity contribution in [3.8, 4) is 0 Å². The normalized spacial score (nSPS) is 17.1. The lowest BCUT2D eigenvalue weighted by Crippen LogP contribution is -2.49. The third-order valence-corrected chi connectivity index (χ3v) is 10.4. The van der Waals surface area contributed by atoms with Crippen LogP contribution in [0.5, 0.6) is 0 Å². The van der Waals surface area contributed by atoms with Gasteiger partial charge in [0, 0.05) is 20.9 Å². The van der Waals surface area contributed by atoms with Crippen LogP contribution in [0.1, 0.15) is 23.4 Å². The number of aromatic nitrogens is 1. The number of amides is 3. The molecule has 0 radical (unpaired) electrons. The SMILES string of the molecule is CCOC(=O)Cc1csc(NC(=O)C(Sc2cccc(NC(=O)N3c4ccccc4SC4C=CC=CC43)c2)c2ccccc2)n1. The molecule has 0 saturated heterocycles. The number of esters is 1. The lowest BCUT2D eigenvalue weighted by atomic mass is 10.1. The van der Waals surface area contributed by atoms with Crippen molar-refractivity contribution in [1.82, 2.24) is 4.98 Å². The monoisotopic (exact) mass is 654 g/mol. The van der Waals surface area contributed by atoms with Gasteiger partial charge in [0.25, 0.3) is 0 Å². The Morgan fingerprint density at radius 1 is 0.978 bits per heavy atom. The summed E-state index contributed by atoms with van der Waals surface area (Å²) in [5.41, 5.74) is 2.87. The zero-order valence-corrected chi connectivity index (χ0v) is 26.7. The summed E-state index contributed by atoms with van der Waals surface area (Å²) in [6.45, 7) is 2.05. The quantitative estimate of drug-likeness (QED) is 0.141. The van der Waals surface area contributed by atoms with Crippen LogP contribution >= 0.6 is 34.9 Å². The Morgan fingerprint density at radius 3 is 2.62 bits per heavy atom. The zero-order chi connectivity index (χ0) is 31.2. The van der Waals surface area contributed by atoms with Gasteiger partial charge >= 0.3 is 12.0 Å². The Hall–Kier alpha value is -4.32. The van der Waals surface area contributed by atoms with E-state index in [0.717, 1.165) is 21.0 Å². The van der Waals surface area contributed by atoms with Crippen molar-refractivity contribution in [2.75, 3.05) is 22.1 Å². The minimum absolute atomic E-state index is 0.0474. The standard InChI is InChI=1S/C34H30N4O4S3/c1-2-42-30(39)20-24-21-43-33(35-24)37-32(40)31(22-11-4-3-5-12-22)44-25-14-10-13-23(19-25)36-34(41)38-26-15-6-8-17-28(26)45-29-18-9-7-16-27(29)38/h3-19,21,26,28,31H,2,20H2,1H3,(H,36,41)(H,35,37,40). The van der Waals surface area contributed by atoms with E-state index >= 15 is 0 Å². The molecular formula is C34H30N4O4S3. The highest BCUT2D eigenvalue weighted by Crippen LogP contribution is 2.44. The van der Waals surface area contributed by atoms with Crippen LogP contribution in [0.15, 0.2) is 118 Å². The molecule has 228 valence electrons.